The van der Waals surface area contributed by atoms with E-state index in [2.05, 4.69) is 5.32 Å². The highest BCUT2D eigenvalue weighted by Gasteiger charge is 2.30. The molecule has 0 aliphatic carbocycles. The summed E-state index contributed by atoms with van der Waals surface area (Å²) in [5.41, 5.74) is 3.01. The molecule has 20 heavy (non-hydrogen) atoms. The summed E-state index contributed by atoms with van der Waals surface area (Å²) in [5, 5.41) is 4.28. The maximum Gasteiger partial charge on any atom is 0.346 e. The maximum absolute atomic E-state index is 12.3. The van der Waals surface area contributed by atoms with Gasteiger partial charge in [-0.05, 0) is 17.2 Å². The molecule has 102 valence electrons. The number of hydroxylamine groups is 2. The zero-order chi connectivity index (χ0) is 13.9. The quantitative estimate of drug-likeness (QED) is 0.907. The number of nitrogens with zero attached hydrogens (tertiary/aromatic N) is 1. The van der Waals surface area contributed by atoms with Gasteiger partial charge in [0.1, 0.15) is 0 Å². The van der Waals surface area contributed by atoms with Crippen LogP contribution in [-0.2, 0) is 11.3 Å². The van der Waals surface area contributed by atoms with E-state index in [1.165, 1.54) is 12.2 Å². The van der Waals surface area contributed by atoms with Gasteiger partial charge < -0.3 is 5.32 Å². The predicted molar refractivity (Wildman–Crippen MR) is 77.2 cm³/mol. The van der Waals surface area contributed by atoms with Crippen LogP contribution in [-0.4, -0.2) is 18.2 Å². The van der Waals surface area contributed by atoms with E-state index in [1.54, 1.807) is 0 Å². The third-order valence-electron chi connectivity index (χ3n) is 3.54. The summed E-state index contributed by atoms with van der Waals surface area (Å²) in [7, 11) is 1.52. The lowest BCUT2D eigenvalue weighted by Crippen LogP contribution is -2.36. The lowest BCUT2D eigenvalue weighted by atomic mass is 9.98. The molecule has 0 radical (unpaired) electrons. The largest absolute Gasteiger partial charge is 0.346 e. The van der Waals surface area contributed by atoms with Crippen molar-refractivity contribution >= 4 is 11.7 Å². The van der Waals surface area contributed by atoms with Gasteiger partial charge in [0.2, 0.25) is 0 Å². The Morgan fingerprint density at radius 1 is 1.10 bits per heavy atom. The van der Waals surface area contributed by atoms with Crippen molar-refractivity contribution in [1.82, 2.24) is 5.06 Å². The molecule has 1 N–H and O–H groups in total. The van der Waals surface area contributed by atoms with Crippen LogP contribution < -0.4 is 5.32 Å². The van der Waals surface area contributed by atoms with Crippen molar-refractivity contribution in [3.8, 4) is 0 Å². The van der Waals surface area contributed by atoms with Crippen LogP contribution in [0.2, 0.25) is 0 Å². The van der Waals surface area contributed by atoms with Crippen LogP contribution in [0.4, 0.5) is 10.5 Å². The van der Waals surface area contributed by atoms with Crippen LogP contribution in [0.3, 0.4) is 0 Å². The van der Waals surface area contributed by atoms with Crippen LogP contribution in [0.1, 0.15) is 17.2 Å². The first kappa shape index (κ1) is 12.7. The fourth-order valence-corrected chi connectivity index (χ4v) is 2.56. The first-order chi connectivity index (χ1) is 9.79. The van der Waals surface area contributed by atoms with E-state index >= 15 is 0 Å². The average molecular weight is 268 g/mol. The minimum atomic E-state index is -0.244. The second-order valence-electron chi connectivity index (χ2n) is 4.73. The number of benzene rings is 2. The van der Waals surface area contributed by atoms with Gasteiger partial charge in [0.05, 0.1) is 13.2 Å². The van der Waals surface area contributed by atoms with Crippen molar-refractivity contribution in [2.24, 2.45) is 0 Å². The van der Waals surface area contributed by atoms with Crippen molar-refractivity contribution in [1.29, 1.82) is 0 Å². The van der Waals surface area contributed by atoms with Gasteiger partial charge in [-0.15, -0.1) is 0 Å². The summed E-state index contributed by atoms with van der Waals surface area (Å²) in [6.07, 6.45) is 0.715. The summed E-state index contributed by atoms with van der Waals surface area (Å²) >= 11 is 0. The number of urea groups is 1. The first-order valence-electron chi connectivity index (χ1n) is 6.57. The van der Waals surface area contributed by atoms with Crippen molar-refractivity contribution in [2.75, 3.05) is 12.4 Å². The average Bonchev–Trinajstić information content (AvgIpc) is 2.63. The Balaban J connectivity index is 2.05. The summed E-state index contributed by atoms with van der Waals surface area (Å²) in [5.74, 6) is 0. The SMILES string of the molecule is CON1C(=O)Nc2ccccc2CC1c1ccccc1. The molecule has 1 atom stereocenters. The Morgan fingerprint density at radius 2 is 1.80 bits per heavy atom. The third kappa shape index (κ3) is 2.26. The topological polar surface area (TPSA) is 41.6 Å². The monoisotopic (exact) mass is 268 g/mol. The lowest BCUT2D eigenvalue weighted by Gasteiger charge is -2.27. The summed E-state index contributed by atoms with van der Waals surface area (Å²) < 4.78 is 0. The van der Waals surface area contributed by atoms with Gasteiger partial charge in [-0.3, -0.25) is 4.84 Å². The number of fused-ring (bicyclic) bond motifs is 1. The molecule has 0 saturated heterocycles. The highest BCUT2D eigenvalue weighted by Crippen LogP contribution is 2.31. The number of para-hydroxylation sites is 1. The number of hydrogen-bond acceptors (Lipinski definition) is 2. The van der Waals surface area contributed by atoms with Gasteiger partial charge in [-0.25, -0.2) is 4.79 Å². The minimum Gasteiger partial charge on any atom is -0.306 e. The van der Waals surface area contributed by atoms with Gasteiger partial charge in [-0.2, -0.15) is 5.06 Å². The molecule has 0 saturated carbocycles. The Bertz CT molecular complexity index is 613. The maximum atomic E-state index is 12.3. The molecule has 2 aromatic rings. The summed E-state index contributed by atoms with van der Waals surface area (Å²) in [6.45, 7) is 0. The molecule has 3 rings (SSSR count). The minimum absolute atomic E-state index is 0.134. The molecule has 1 aliphatic rings. The van der Waals surface area contributed by atoms with Gasteiger partial charge in [0, 0.05) is 12.1 Å². The number of nitrogens with one attached hydrogen (secondary N) is 1. The summed E-state index contributed by atoms with van der Waals surface area (Å²) in [6, 6.07) is 17.4. The van der Waals surface area contributed by atoms with Crippen molar-refractivity contribution < 1.29 is 9.63 Å². The molecule has 1 heterocycles. The normalized spacial score (nSPS) is 18.1. The zero-order valence-electron chi connectivity index (χ0n) is 11.2. The molecule has 2 amide bonds. The molecule has 1 aliphatic heterocycles. The Hall–Kier alpha value is -2.33. The van der Waals surface area contributed by atoms with E-state index in [1.807, 2.05) is 54.6 Å². The summed E-state index contributed by atoms with van der Waals surface area (Å²) in [4.78, 5) is 17.6. The van der Waals surface area contributed by atoms with Gasteiger partial charge in [0.25, 0.3) is 0 Å². The lowest BCUT2D eigenvalue weighted by molar-refractivity contribution is -0.113. The van der Waals surface area contributed by atoms with Gasteiger partial charge in [-0.1, -0.05) is 48.5 Å². The number of anilines is 1. The van der Waals surface area contributed by atoms with Crippen LogP contribution in [0.25, 0.3) is 0 Å². The fraction of sp³-hybridized carbons (Fsp3) is 0.188. The second-order valence-corrected chi connectivity index (χ2v) is 4.73. The number of hydrogen-bond donors (Lipinski definition) is 1. The third-order valence-corrected chi connectivity index (χ3v) is 3.54. The van der Waals surface area contributed by atoms with Crippen LogP contribution >= 0.6 is 0 Å². The number of carbonyl (C=O) groups excluding carboxylic acids is 1. The highest BCUT2D eigenvalue weighted by molar-refractivity contribution is 5.90. The molecule has 1 unspecified atom stereocenters. The van der Waals surface area contributed by atoms with Crippen LogP contribution in [0.15, 0.2) is 54.6 Å². The van der Waals surface area contributed by atoms with Crippen LogP contribution in [0, 0.1) is 0 Å². The number of carbonyl (C=O) groups is 1. The standard InChI is InChI=1S/C16H16N2O2/c1-20-18-15(12-7-3-2-4-8-12)11-13-9-5-6-10-14(13)17-16(18)19/h2-10,15H,11H2,1H3,(H,17,19). The predicted octanol–water partition coefficient (Wildman–Crippen LogP) is 3.38. The Kier molecular flexibility index (Phi) is 3.39. The van der Waals surface area contributed by atoms with Crippen LogP contribution in [0.5, 0.6) is 0 Å². The van der Waals surface area contributed by atoms with E-state index in [-0.39, 0.29) is 12.1 Å². The van der Waals surface area contributed by atoms with Crippen molar-refractivity contribution in [3.63, 3.8) is 0 Å². The number of amides is 2. The van der Waals surface area contributed by atoms with E-state index in [4.69, 9.17) is 4.84 Å². The van der Waals surface area contributed by atoms with Crippen molar-refractivity contribution in [3.05, 3.63) is 65.7 Å². The molecule has 0 bridgehead atoms. The van der Waals surface area contributed by atoms with E-state index in [0.717, 1.165) is 16.8 Å². The second kappa shape index (κ2) is 5.35. The fourth-order valence-electron chi connectivity index (χ4n) is 2.56. The molecule has 4 heteroatoms. The van der Waals surface area contributed by atoms with E-state index in [0.29, 0.717) is 6.42 Å². The number of rotatable bonds is 2. The highest BCUT2D eigenvalue weighted by atomic mass is 16.7. The van der Waals surface area contributed by atoms with Gasteiger partial charge >= 0.3 is 6.03 Å². The van der Waals surface area contributed by atoms with E-state index < -0.39 is 0 Å². The zero-order valence-corrected chi connectivity index (χ0v) is 11.2. The molecular weight excluding hydrogens is 252 g/mol. The van der Waals surface area contributed by atoms with E-state index in [9.17, 15) is 4.79 Å². The Morgan fingerprint density at radius 3 is 2.55 bits per heavy atom. The Labute approximate surface area is 117 Å². The first-order valence-corrected chi connectivity index (χ1v) is 6.57. The molecule has 4 nitrogen and oxygen atoms in total. The smallest absolute Gasteiger partial charge is 0.306 e. The van der Waals surface area contributed by atoms with Gasteiger partial charge in [0.15, 0.2) is 0 Å². The molecular formula is C16H16N2O2. The molecule has 0 fully saturated rings. The molecule has 0 spiro atoms. The molecule has 0 aromatic heterocycles. The van der Waals surface area contributed by atoms with Crippen molar-refractivity contribution in [2.45, 2.75) is 12.5 Å². The molecule has 2 aromatic carbocycles.